The van der Waals surface area contributed by atoms with Gasteiger partial charge in [0.25, 0.3) is 0 Å². The molecule has 0 bridgehead atoms. The summed E-state index contributed by atoms with van der Waals surface area (Å²) in [5, 5.41) is 35.9. The second-order valence-electron chi connectivity index (χ2n) is 16.9. The summed E-state index contributed by atoms with van der Waals surface area (Å²) in [5.74, 6) is 1.18. The van der Waals surface area contributed by atoms with Crippen molar-refractivity contribution in [1.82, 2.24) is 29.4 Å². The van der Waals surface area contributed by atoms with Crippen LogP contribution in [0.3, 0.4) is 0 Å². The molecule has 2 aliphatic rings. The Morgan fingerprint density at radius 3 is 1.38 bits per heavy atom. The molecule has 2 fully saturated rings. The SMILES string of the molecule is COc1cc(N2CCN(C(Cn3nc(-c4cc[n+]([O-])cc4)c(Cl)c3C)C(=O)C(Cn3nc(-c4cc[n+]([O-])cc4)c(Cl)c3C)N3CCN(c4ccc(Cl)c(OC)c4)C[C@@H]3C)[C@@H](C)C2)ccc1Cl. The molecule has 0 spiro atoms. The van der Waals surface area contributed by atoms with Gasteiger partial charge >= 0.3 is 0 Å². The van der Waals surface area contributed by atoms with Gasteiger partial charge in [-0.3, -0.25) is 24.0 Å². The highest BCUT2D eigenvalue weighted by atomic mass is 35.5. The molecule has 66 heavy (non-hydrogen) atoms. The quantitative estimate of drug-likeness (QED) is 0.0800. The zero-order valence-corrected chi connectivity index (χ0v) is 40.6. The van der Waals surface area contributed by atoms with Crippen LogP contribution in [-0.4, -0.2) is 113 Å². The van der Waals surface area contributed by atoms with Crippen LogP contribution < -0.4 is 28.7 Å². The van der Waals surface area contributed by atoms with Crippen molar-refractivity contribution in [3.63, 3.8) is 0 Å². The number of nitrogens with zero attached hydrogens (tertiary/aromatic N) is 10. The Balaban J connectivity index is 1.18. The van der Waals surface area contributed by atoms with Gasteiger partial charge in [0, 0.05) is 110 Å². The molecular weight excluding hydrogens is 926 g/mol. The number of benzene rings is 2. The van der Waals surface area contributed by atoms with E-state index in [1.54, 1.807) is 38.5 Å². The molecule has 6 heterocycles. The molecule has 0 saturated carbocycles. The first-order valence-corrected chi connectivity index (χ1v) is 23.2. The van der Waals surface area contributed by atoms with E-state index in [4.69, 9.17) is 66.1 Å². The first kappa shape index (κ1) is 47.2. The number of piperazine rings is 2. The van der Waals surface area contributed by atoms with E-state index in [1.165, 1.54) is 24.8 Å². The average Bonchev–Trinajstić information content (AvgIpc) is 3.76. The molecule has 0 amide bonds. The van der Waals surface area contributed by atoms with E-state index >= 15 is 4.79 Å². The molecule has 348 valence electrons. The number of ketones is 1. The van der Waals surface area contributed by atoms with Crippen LogP contribution in [0.25, 0.3) is 22.5 Å². The third-order valence-corrected chi connectivity index (χ3v) is 14.5. The largest absolute Gasteiger partial charge is 0.619 e. The van der Waals surface area contributed by atoms with Crippen LogP contribution in [0.5, 0.6) is 11.5 Å². The fraction of sp³-hybridized carbons (Fsp3) is 0.383. The Morgan fingerprint density at radius 2 is 1.03 bits per heavy atom. The van der Waals surface area contributed by atoms with Crippen LogP contribution >= 0.6 is 46.4 Å². The second-order valence-corrected chi connectivity index (χ2v) is 18.5. The number of rotatable bonds is 14. The minimum absolute atomic E-state index is 0.00344. The Morgan fingerprint density at radius 1 is 0.652 bits per heavy atom. The van der Waals surface area contributed by atoms with Crippen LogP contribution in [0.2, 0.25) is 20.1 Å². The highest BCUT2D eigenvalue weighted by molar-refractivity contribution is 6.34. The second kappa shape index (κ2) is 19.9. The van der Waals surface area contributed by atoms with E-state index in [9.17, 15) is 10.4 Å². The van der Waals surface area contributed by atoms with Crippen molar-refractivity contribution in [2.75, 3.05) is 63.3 Å². The van der Waals surface area contributed by atoms with Gasteiger partial charge in [0.1, 0.15) is 22.9 Å². The smallest absolute Gasteiger partial charge is 0.181 e. The minimum Gasteiger partial charge on any atom is -0.619 e. The summed E-state index contributed by atoms with van der Waals surface area (Å²) in [6.07, 6.45) is 5.63. The highest BCUT2D eigenvalue weighted by Gasteiger charge is 2.42. The molecule has 8 rings (SSSR count). The third kappa shape index (κ3) is 9.60. The van der Waals surface area contributed by atoms with Crippen LogP contribution in [0.1, 0.15) is 25.2 Å². The highest BCUT2D eigenvalue weighted by Crippen LogP contribution is 2.36. The summed E-state index contributed by atoms with van der Waals surface area (Å²) >= 11 is 26.9. The number of carbonyl (C=O) groups is 1. The summed E-state index contributed by atoms with van der Waals surface area (Å²) in [7, 11) is 3.20. The molecule has 19 heteroatoms. The lowest BCUT2D eigenvalue weighted by Gasteiger charge is -2.48. The van der Waals surface area contributed by atoms with Crippen LogP contribution in [-0.2, 0) is 17.9 Å². The lowest BCUT2D eigenvalue weighted by atomic mass is 9.96. The summed E-state index contributed by atoms with van der Waals surface area (Å²) in [4.78, 5) is 25.3. The zero-order chi connectivity index (χ0) is 47.0. The predicted molar refractivity (Wildman–Crippen MR) is 258 cm³/mol. The molecule has 2 saturated heterocycles. The standard InChI is InChI=1S/C47H52Cl4N10O5/c1-29-25-54(35-7-9-37(48)41(23-35)65-5)19-21-58(29)39(27-60-31(3)43(50)45(52-60)33-11-15-56(63)16-12-33)47(62)40(28-61-32(4)44(51)46(53-61)34-13-17-57(64)18-14-34)59-22-20-55(26-30(59)2)36-8-10-38(49)42(24-36)66-6/h7-18,23-24,29-30,39-40H,19-22,25-28H2,1-6H3/t29-,30-,39?,40?/m0/s1. The maximum absolute atomic E-state index is 16.1. The van der Waals surface area contributed by atoms with E-state index in [0.29, 0.717) is 114 Å². The fourth-order valence-electron chi connectivity index (χ4n) is 9.21. The minimum atomic E-state index is -0.674. The Kier molecular flexibility index (Phi) is 14.2. The van der Waals surface area contributed by atoms with Crippen LogP contribution in [0, 0.1) is 24.3 Å². The molecule has 4 aromatic heterocycles. The molecule has 4 atom stereocenters. The van der Waals surface area contributed by atoms with Crippen molar-refractivity contribution in [2.45, 2.75) is 65.0 Å². The Labute approximate surface area is 404 Å². The van der Waals surface area contributed by atoms with E-state index in [-0.39, 0.29) is 31.0 Å². The molecule has 2 aromatic carbocycles. The molecule has 0 N–H and O–H groups in total. The average molecular weight is 979 g/mol. The summed E-state index contributed by atoms with van der Waals surface area (Å²) in [6.45, 7) is 12.1. The monoisotopic (exact) mass is 976 g/mol. The van der Waals surface area contributed by atoms with E-state index in [1.807, 2.05) is 59.6 Å². The van der Waals surface area contributed by atoms with Crippen molar-refractivity contribution in [2.24, 2.45) is 0 Å². The van der Waals surface area contributed by atoms with E-state index in [2.05, 4.69) is 33.4 Å². The van der Waals surface area contributed by atoms with Crippen molar-refractivity contribution >= 4 is 63.6 Å². The molecular formula is C47H52Cl4N10O5. The predicted octanol–water partition coefficient (Wildman–Crippen LogP) is 7.36. The van der Waals surface area contributed by atoms with E-state index in [0.717, 1.165) is 11.4 Å². The van der Waals surface area contributed by atoms with Gasteiger partial charge in [-0.2, -0.15) is 19.7 Å². The summed E-state index contributed by atoms with van der Waals surface area (Å²) < 4.78 is 16.2. The molecule has 2 unspecified atom stereocenters. The maximum Gasteiger partial charge on any atom is 0.181 e. The summed E-state index contributed by atoms with van der Waals surface area (Å²) in [5.41, 5.74) is 5.75. The number of halogens is 4. The Bertz CT molecular complexity index is 2520. The number of methoxy groups -OCH3 is 2. The lowest BCUT2D eigenvalue weighted by molar-refractivity contribution is -0.605. The number of anilines is 2. The molecule has 15 nitrogen and oxygen atoms in total. The number of hydrogen-bond donors (Lipinski definition) is 0. The molecule has 2 aliphatic heterocycles. The number of carbonyl (C=O) groups excluding carboxylic acids is 1. The number of pyridine rings is 2. The maximum atomic E-state index is 16.1. The normalized spacial score (nSPS) is 18.1. The topological polar surface area (TPSA) is 138 Å². The zero-order valence-electron chi connectivity index (χ0n) is 37.6. The van der Waals surface area contributed by atoms with Gasteiger partial charge in [-0.1, -0.05) is 46.4 Å². The van der Waals surface area contributed by atoms with Gasteiger partial charge in [-0.15, -0.1) is 0 Å². The number of aromatic nitrogens is 6. The number of hydrogen-bond acceptors (Lipinski definition) is 11. The van der Waals surface area contributed by atoms with Crippen LogP contribution in [0.15, 0.2) is 85.5 Å². The lowest BCUT2D eigenvalue weighted by Crippen LogP contribution is -2.64. The van der Waals surface area contributed by atoms with E-state index < -0.39 is 12.1 Å². The van der Waals surface area contributed by atoms with Gasteiger partial charge in [-0.25, -0.2) is 0 Å². The fourth-order valence-corrected chi connectivity index (χ4v) is 10.1. The van der Waals surface area contributed by atoms with Crippen LogP contribution in [0.4, 0.5) is 11.4 Å². The first-order chi connectivity index (χ1) is 31.6. The molecule has 0 radical (unpaired) electrons. The van der Waals surface area contributed by atoms with Crippen molar-refractivity contribution < 1.29 is 23.7 Å². The van der Waals surface area contributed by atoms with Gasteiger partial charge < -0.3 is 29.7 Å². The Hall–Kier alpha value is -5.29. The first-order valence-electron chi connectivity index (χ1n) is 21.7. The molecule has 0 aliphatic carbocycles. The molecule has 6 aromatic rings. The van der Waals surface area contributed by atoms with Gasteiger partial charge in [0.05, 0.1) is 70.9 Å². The third-order valence-electron chi connectivity index (χ3n) is 12.9. The number of ether oxygens (including phenoxy) is 2. The van der Waals surface area contributed by atoms with Gasteiger partial charge in [0.2, 0.25) is 0 Å². The van der Waals surface area contributed by atoms with Gasteiger partial charge in [-0.05, 0) is 52.0 Å². The summed E-state index contributed by atoms with van der Waals surface area (Å²) in [6, 6.07) is 16.7. The number of Topliss-reactive ketones (excluding diaryl/α,β-unsaturated/α-hetero) is 1. The van der Waals surface area contributed by atoms with Crippen molar-refractivity contribution in [3.05, 3.63) is 127 Å². The van der Waals surface area contributed by atoms with Crippen molar-refractivity contribution in [3.8, 4) is 34.0 Å². The van der Waals surface area contributed by atoms with Gasteiger partial charge in [0.15, 0.2) is 30.6 Å². The van der Waals surface area contributed by atoms with Crippen molar-refractivity contribution in [1.29, 1.82) is 0 Å².